The second kappa shape index (κ2) is 6.33. The average Bonchev–Trinajstić information content (AvgIpc) is 2.61. The maximum atomic E-state index is 6.10. The number of thiazole rings is 1. The number of hydrogen-bond acceptors (Lipinski definition) is 4. The topological polar surface area (TPSA) is 42.1 Å². The highest BCUT2D eigenvalue weighted by Crippen LogP contribution is 2.21. The van der Waals surface area contributed by atoms with Crippen LogP contribution in [0.25, 0.3) is 0 Å². The summed E-state index contributed by atoms with van der Waals surface area (Å²) in [4.78, 5) is 6.78. The molecule has 0 fully saturated rings. The zero-order valence-electron chi connectivity index (χ0n) is 10.7. The molecule has 0 saturated heterocycles. The highest BCUT2D eigenvalue weighted by molar-refractivity contribution is 7.09. The first-order chi connectivity index (χ1) is 7.49. The molecule has 1 aromatic rings. The maximum absolute atomic E-state index is 6.10. The van der Waals surface area contributed by atoms with Crippen LogP contribution < -0.4 is 5.73 Å². The smallest absolute Gasteiger partial charge is 0.0941 e. The first-order valence-corrected chi connectivity index (χ1v) is 6.71. The van der Waals surface area contributed by atoms with E-state index in [1.54, 1.807) is 11.3 Å². The first kappa shape index (κ1) is 13.6. The zero-order chi connectivity index (χ0) is 12.1. The number of likely N-dealkylation sites (N-methyl/N-ethyl adjacent to an activating group) is 1. The molecular formula is C12H23N3S. The molecule has 0 aliphatic carbocycles. The minimum atomic E-state index is 0.101. The van der Waals surface area contributed by atoms with Crippen LogP contribution in [0.2, 0.25) is 0 Å². The van der Waals surface area contributed by atoms with Gasteiger partial charge >= 0.3 is 0 Å². The average molecular weight is 241 g/mol. The molecule has 4 heteroatoms. The Balaban J connectivity index is 2.50. The summed E-state index contributed by atoms with van der Waals surface area (Å²) in [6.07, 6.45) is 2.03. The fourth-order valence-electron chi connectivity index (χ4n) is 1.56. The number of nitrogens with zero attached hydrogens (tertiary/aromatic N) is 2. The molecule has 0 aliphatic heterocycles. The van der Waals surface area contributed by atoms with Gasteiger partial charge < -0.3 is 10.6 Å². The van der Waals surface area contributed by atoms with Gasteiger partial charge in [0, 0.05) is 24.4 Å². The highest BCUT2D eigenvalue weighted by Gasteiger charge is 2.12. The van der Waals surface area contributed by atoms with Crippen molar-refractivity contribution in [3.05, 3.63) is 16.1 Å². The number of aromatic nitrogens is 1. The predicted octanol–water partition coefficient (Wildman–Crippen LogP) is 2.29. The van der Waals surface area contributed by atoms with Crippen LogP contribution in [0.3, 0.4) is 0 Å². The van der Waals surface area contributed by atoms with E-state index < -0.39 is 0 Å². The summed E-state index contributed by atoms with van der Waals surface area (Å²) in [5.74, 6) is 0.627. The fourth-order valence-corrected chi connectivity index (χ4v) is 2.41. The van der Waals surface area contributed by atoms with Crippen LogP contribution in [0.1, 0.15) is 37.0 Å². The molecule has 0 radical (unpaired) electrons. The van der Waals surface area contributed by atoms with Crippen LogP contribution in [-0.4, -0.2) is 30.5 Å². The largest absolute Gasteiger partial charge is 0.323 e. The third kappa shape index (κ3) is 4.60. The lowest BCUT2D eigenvalue weighted by molar-refractivity contribution is 0.413. The van der Waals surface area contributed by atoms with Gasteiger partial charge in [-0.1, -0.05) is 13.8 Å². The second-order valence-electron chi connectivity index (χ2n) is 4.96. The molecule has 1 atom stereocenters. The molecule has 1 rings (SSSR count). The van der Waals surface area contributed by atoms with Gasteiger partial charge in [0.2, 0.25) is 0 Å². The first-order valence-electron chi connectivity index (χ1n) is 5.83. The maximum Gasteiger partial charge on any atom is 0.0941 e. The standard InChI is InChI=1S/C12H23N3S/c1-9(2)7-10(13)11-8-16-12(14-11)5-6-15(3)4/h8-10H,5-7,13H2,1-4H3. The molecule has 1 heterocycles. The quantitative estimate of drug-likeness (QED) is 0.831. The van der Waals surface area contributed by atoms with E-state index in [-0.39, 0.29) is 6.04 Å². The van der Waals surface area contributed by atoms with Crippen molar-refractivity contribution in [1.29, 1.82) is 0 Å². The monoisotopic (exact) mass is 241 g/mol. The Labute approximate surface area is 103 Å². The van der Waals surface area contributed by atoms with Crippen molar-refractivity contribution in [3.63, 3.8) is 0 Å². The van der Waals surface area contributed by atoms with Crippen LogP contribution in [-0.2, 0) is 6.42 Å². The van der Waals surface area contributed by atoms with E-state index >= 15 is 0 Å². The van der Waals surface area contributed by atoms with Crippen molar-refractivity contribution < 1.29 is 0 Å². The van der Waals surface area contributed by atoms with E-state index in [0.29, 0.717) is 5.92 Å². The molecule has 0 spiro atoms. The third-order valence-corrected chi connectivity index (χ3v) is 3.37. The SMILES string of the molecule is CC(C)CC(N)c1csc(CCN(C)C)n1. The zero-order valence-corrected chi connectivity index (χ0v) is 11.5. The summed E-state index contributed by atoms with van der Waals surface area (Å²) in [7, 11) is 4.16. The van der Waals surface area contributed by atoms with Gasteiger partial charge in [0.05, 0.1) is 10.7 Å². The Hall–Kier alpha value is -0.450. The van der Waals surface area contributed by atoms with E-state index in [1.807, 2.05) is 0 Å². The molecule has 2 N–H and O–H groups in total. The van der Waals surface area contributed by atoms with E-state index in [4.69, 9.17) is 5.73 Å². The van der Waals surface area contributed by atoms with Crippen LogP contribution in [0.5, 0.6) is 0 Å². The molecule has 0 amide bonds. The summed E-state index contributed by atoms with van der Waals surface area (Å²) < 4.78 is 0. The molecule has 1 aromatic heterocycles. The van der Waals surface area contributed by atoms with E-state index in [2.05, 4.69) is 43.2 Å². The number of nitrogens with two attached hydrogens (primary N) is 1. The van der Waals surface area contributed by atoms with Crippen molar-refractivity contribution in [2.75, 3.05) is 20.6 Å². The Morgan fingerprint density at radius 2 is 2.12 bits per heavy atom. The molecule has 16 heavy (non-hydrogen) atoms. The molecular weight excluding hydrogens is 218 g/mol. The summed E-state index contributed by atoms with van der Waals surface area (Å²) in [5, 5.41) is 3.31. The van der Waals surface area contributed by atoms with Crippen LogP contribution in [0.4, 0.5) is 0 Å². The van der Waals surface area contributed by atoms with Gasteiger partial charge in [0.1, 0.15) is 0 Å². The molecule has 0 saturated carbocycles. The van der Waals surface area contributed by atoms with Crippen molar-refractivity contribution in [1.82, 2.24) is 9.88 Å². The molecule has 3 nitrogen and oxygen atoms in total. The van der Waals surface area contributed by atoms with Gasteiger partial charge in [0.15, 0.2) is 0 Å². The highest BCUT2D eigenvalue weighted by atomic mass is 32.1. The number of rotatable bonds is 6. The Bertz CT molecular complexity index is 307. The molecule has 0 aliphatic rings. The molecule has 0 bridgehead atoms. The number of hydrogen-bond donors (Lipinski definition) is 1. The summed E-state index contributed by atoms with van der Waals surface area (Å²) in [5.41, 5.74) is 7.16. The predicted molar refractivity (Wildman–Crippen MR) is 70.8 cm³/mol. The van der Waals surface area contributed by atoms with Gasteiger partial charge in [-0.15, -0.1) is 11.3 Å². The van der Waals surface area contributed by atoms with Gasteiger partial charge in [-0.2, -0.15) is 0 Å². The van der Waals surface area contributed by atoms with Gasteiger partial charge in [-0.25, -0.2) is 4.98 Å². The van der Waals surface area contributed by atoms with Crippen molar-refractivity contribution >= 4 is 11.3 Å². The van der Waals surface area contributed by atoms with Crippen LogP contribution in [0, 0.1) is 5.92 Å². The van der Waals surface area contributed by atoms with Crippen LogP contribution in [0.15, 0.2) is 5.38 Å². The summed E-state index contributed by atoms with van der Waals surface area (Å²) >= 11 is 1.73. The van der Waals surface area contributed by atoms with Crippen molar-refractivity contribution in [2.45, 2.75) is 32.7 Å². The van der Waals surface area contributed by atoms with Gasteiger partial charge in [-0.3, -0.25) is 0 Å². The normalized spacial score (nSPS) is 13.7. The Morgan fingerprint density at radius 1 is 1.44 bits per heavy atom. The van der Waals surface area contributed by atoms with Crippen LogP contribution >= 0.6 is 11.3 Å². The van der Waals surface area contributed by atoms with E-state index in [0.717, 1.165) is 25.1 Å². The lowest BCUT2D eigenvalue weighted by Gasteiger charge is -2.11. The fraction of sp³-hybridized carbons (Fsp3) is 0.750. The molecule has 1 unspecified atom stereocenters. The molecule has 92 valence electrons. The Morgan fingerprint density at radius 3 is 2.69 bits per heavy atom. The third-order valence-electron chi connectivity index (χ3n) is 2.45. The summed E-state index contributed by atoms with van der Waals surface area (Å²) in [6, 6.07) is 0.101. The van der Waals surface area contributed by atoms with Gasteiger partial charge in [0.25, 0.3) is 0 Å². The van der Waals surface area contributed by atoms with Crippen molar-refractivity contribution in [2.24, 2.45) is 11.7 Å². The van der Waals surface area contributed by atoms with E-state index in [1.165, 1.54) is 5.01 Å². The second-order valence-corrected chi connectivity index (χ2v) is 5.90. The minimum absolute atomic E-state index is 0.101. The lowest BCUT2D eigenvalue weighted by Crippen LogP contribution is -2.16. The lowest BCUT2D eigenvalue weighted by atomic mass is 10.0. The van der Waals surface area contributed by atoms with E-state index in [9.17, 15) is 0 Å². The summed E-state index contributed by atoms with van der Waals surface area (Å²) in [6.45, 7) is 5.44. The Kier molecular flexibility index (Phi) is 5.38. The van der Waals surface area contributed by atoms with Crippen molar-refractivity contribution in [3.8, 4) is 0 Å². The minimum Gasteiger partial charge on any atom is -0.323 e. The van der Waals surface area contributed by atoms with Gasteiger partial charge in [-0.05, 0) is 26.4 Å². The molecule has 0 aromatic carbocycles.